The summed E-state index contributed by atoms with van der Waals surface area (Å²) in [5.74, 6) is -0.454. The van der Waals surface area contributed by atoms with Gasteiger partial charge >= 0.3 is 0 Å². The molecule has 2 rings (SSSR count). The molecule has 0 radical (unpaired) electrons. The van der Waals surface area contributed by atoms with Crippen molar-refractivity contribution in [1.29, 1.82) is 0 Å². The molecule has 4 nitrogen and oxygen atoms in total. The second-order valence-electron chi connectivity index (χ2n) is 4.73. The Morgan fingerprint density at radius 3 is 3.00 bits per heavy atom. The van der Waals surface area contributed by atoms with Crippen LogP contribution in [-0.2, 0) is 16.1 Å². The van der Waals surface area contributed by atoms with Crippen LogP contribution in [0.5, 0.6) is 0 Å². The molecule has 1 fully saturated rings. The monoisotopic (exact) mass is 298 g/mol. The molecule has 1 aliphatic rings. The lowest BCUT2D eigenvalue weighted by molar-refractivity contribution is -0.132. The maximum atomic E-state index is 13.2. The molecule has 2 atom stereocenters. The highest BCUT2D eigenvalue weighted by atomic mass is 32.2. The average molecular weight is 298 g/mol. The summed E-state index contributed by atoms with van der Waals surface area (Å²) in [7, 11) is 0. The third-order valence-corrected chi connectivity index (χ3v) is 4.20. The first-order valence-electron chi connectivity index (χ1n) is 6.59. The number of nitrogens with one attached hydrogen (secondary N) is 1. The van der Waals surface area contributed by atoms with Gasteiger partial charge in [0.1, 0.15) is 11.9 Å². The molecule has 1 aromatic rings. The number of rotatable bonds is 5. The van der Waals surface area contributed by atoms with Gasteiger partial charge in [0, 0.05) is 18.0 Å². The van der Waals surface area contributed by atoms with Crippen LogP contribution in [0.15, 0.2) is 23.1 Å². The summed E-state index contributed by atoms with van der Waals surface area (Å²) in [4.78, 5) is 12.9. The molecular formula is C14H19FN2O2S. The minimum absolute atomic E-state index is 0.0262. The van der Waals surface area contributed by atoms with Crippen molar-refractivity contribution in [2.75, 3.05) is 12.8 Å². The van der Waals surface area contributed by atoms with Crippen LogP contribution in [0.1, 0.15) is 18.4 Å². The number of nitrogens with two attached hydrogens (primary N) is 1. The third-order valence-electron chi connectivity index (χ3n) is 3.36. The minimum atomic E-state index is -0.435. The first kappa shape index (κ1) is 15.3. The molecule has 20 heavy (non-hydrogen) atoms. The fourth-order valence-corrected chi connectivity index (χ4v) is 2.85. The van der Waals surface area contributed by atoms with Gasteiger partial charge in [0.25, 0.3) is 0 Å². The number of benzene rings is 1. The Morgan fingerprint density at radius 2 is 2.35 bits per heavy atom. The molecule has 110 valence electrons. The zero-order valence-electron chi connectivity index (χ0n) is 11.4. The van der Waals surface area contributed by atoms with Gasteiger partial charge in [-0.2, -0.15) is 0 Å². The predicted molar refractivity (Wildman–Crippen MR) is 77.0 cm³/mol. The molecule has 1 amide bonds. The summed E-state index contributed by atoms with van der Waals surface area (Å²) in [6.07, 6.45) is 2.96. The van der Waals surface area contributed by atoms with Gasteiger partial charge in [-0.1, -0.05) is 0 Å². The molecular weight excluding hydrogens is 279 g/mol. The lowest BCUT2D eigenvalue weighted by atomic mass is 10.1. The zero-order chi connectivity index (χ0) is 14.5. The van der Waals surface area contributed by atoms with E-state index in [0.717, 1.165) is 16.9 Å². The quantitative estimate of drug-likeness (QED) is 0.812. The van der Waals surface area contributed by atoms with Crippen LogP contribution >= 0.6 is 11.8 Å². The molecule has 0 spiro atoms. The van der Waals surface area contributed by atoms with Gasteiger partial charge in [0.05, 0.1) is 6.10 Å². The van der Waals surface area contributed by atoms with Crippen LogP contribution < -0.4 is 11.1 Å². The van der Waals surface area contributed by atoms with E-state index in [2.05, 4.69) is 5.32 Å². The van der Waals surface area contributed by atoms with Crippen LogP contribution in [0.4, 0.5) is 4.39 Å². The van der Waals surface area contributed by atoms with Crippen LogP contribution in [0.25, 0.3) is 0 Å². The normalized spacial score (nSPS) is 21.9. The molecule has 0 saturated carbocycles. The number of thioether (sulfide) groups is 1. The van der Waals surface area contributed by atoms with Crippen LogP contribution in [0, 0.1) is 5.82 Å². The predicted octanol–water partition coefficient (Wildman–Crippen LogP) is 1.67. The summed E-state index contributed by atoms with van der Waals surface area (Å²) in [5, 5.41) is 2.80. The lowest BCUT2D eigenvalue weighted by Gasteiger charge is -2.14. The van der Waals surface area contributed by atoms with E-state index in [1.165, 1.54) is 23.9 Å². The Labute approximate surface area is 122 Å². The summed E-state index contributed by atoms with van der Waals surface area (Å²) in [6, 6.07) is 4.59. The fraction of sp³-hybridized carbons (Fsp3) is 0.500. The molecule has 0 unspecified atom stereocenters. The highest BCUT2D eigenvalue weighted by molar-refractivity contribution is 7.98. The Kier molecular flexibility index (Phi) is 5.39. The van der Waals surface area contributed by atoms with Gasteiger partial charge in [-0.05, 0) is 42.9 Å². The Morgan fingerprint density at radius 1 is 1.55 bits per heavy atom. The number of hydrogen-bond donors (Lipinski definition) is 2. The fourth-order valence-electron chi connectivity index (χ4n) is 2.25. The molecule has 1 aromatic carbocycles. The molecule has 0 bridgehead atoms. The van der Waals surface area contributed by atoms with Crippen molar-refractivity contribution in [1.82, 2.24) is 5.32 Å². The molecule has 6 heteroatoms. The van der Waals surface area contributed by atoms with Gasteiger partial charge in [-0.3, -0.25) is 4.79 Å². The molecule has 0 aliphatic carbocycles. The third kappa shape index (κ3) is 3.71. The van der Waals surface area contributed by atoms with Gasteiger partial charge in [0.2, 0.25) is 5.91 Å². The van der Waals surface area contributed by atoms with Gasteiger partial charge in [-0.15, -0.1) is 11.8 Å². The van der Waals surface area contributed by atoms with Crippen LogP contribution in [0.2, 0.25) is 0 Å². The molecule has 1 heterocycles. The minimum Gasteiger partial charge on any atom is -0.364 e. The van der Waals surface area contributed by atoms with E-state index in [1.54, 1.807) is 6.07 Å². The lowest BCUT2D eigenvalue weighted by Crippen LogP contribution is -2.35. The number of halogens is 1. The summed E-state index contributed by atoms with van der Waals surface area (Å²) in [5.41, 5.74) is 6.29. The van der Waals surface area contributed by atoms with E-state index in [1.807, 2.05) is 6.26 Å². The molecule has 1 aliphatic heterocycles. The SMILES string of the molecule is CSc1ccc(F)cc1CNC(=O)[C@@H]1CC[C@H](CN)O1. The number of hydrogen-bond acceptors (Lipinski definition) is 4. The summed E-state index contributed by atoms with van der Waals surface area (Å²) in [6.45, 7) is 0.740. The molecule has 1 saturated heterocycles. The average Bonchev–Trinajstić information content (AvgIpc) is 2.94. The van der Waals surface area contributed by atoms with Gasteiger partial charge in [-0.25, -0.2) is 4.39 Å². The second kappa shape index (κ2) is 7.06. The van der Waals surface area contributed by atoms with Crippen LogP contribution in [-0.4, -0.2) is 30.9 Å². The van der Waals surface area contributed by atoms with Crippen molar-refractivity contribution in [2.45, 2.75) is 36.5 Å². The molecule has 0 aromatic heterocycles. The maximum Gasteiger partial charge on any atom is 0.249 e. The van der Waals surface area contributed by atoms with Gasteiger partial charge < -0.3 is 15.8 Å². The van der Waals surface area contributed by atoms with Crippen molar-refractivity contribution in [3.05, 3.63) is 29.6 Å². The smallest absolute Gasteiger partial charge is 0.249 e. The molecule has 3 N–H and O–H groups in total. The van der Waals surface area contributed by atoms with Gasteiger partial charge in [0.15, 0.2) is 0 Å². The first-order chi connectivity index (χ1) is 9.63. The summed E-state index contributed by atoms with van der Waals surface area (Å²) < 4.78 is 18.8. The number of ether oxygens (including phenoxy) is 1. The highest BCUT2D eigenvalue weighted by Crippen LogP contribution is 2.22. The topological polar surface area (TPSA) is 64.4 Å². The Hall–Kier alpha value is -1.11. The van der Waals surface area contributed by atoms with Crippen molar-refractivity contribution in [3.63, 3.8) is 0 Å². The number of amides is 1. The Balaban J connectivity index is 1.92. The number of carbonyl (C=O) groups excluding carboxylic acids is 1. The van der Waals surface area contributed by atoms with E-state index < -0.39 is 6.10 Å². The zero-order valence-corrected chi connectivity index (χ0v) is 12.2. The summed E-state index contributed by atoms with van der Waals surface area (Å²) >= 11 is 1.53. The Bertz CT molecular complexity index is 484. The van der Waals surface area contributed by atoms with E-state index in [9.17, 15) is 9.18 Å². The van der Waals surface area contributed by atoms with Crippen molar-refractivity contribution in [3.8, 4) is 0 Å². The highest BCUT2D eigenvalue weighted by Gasteiger charge is 2.29. The standard InChI is InChI=1S/C14H19FN2O2S/c1-20-13-5-2-10(15)6-9(13)8-17-14(18)12-4-3-11(7-16)19-12/h2,5-6,11-12H,3-4,7-8,16H2,1H3,(H,17,18)/t11-,12+/m1/s1. The number of carbonyl (C=O) groups is 1. The van der Waals surface area contributed by atoms with Crippen molar-refractivity contribution in [2.24, 2.45) is 5.73 Å². The van der Waals surface area contributed by atoms with E-state index >= 15 is 0 Å². The van der Waals surface area contributed by atoms with E-state index in [0.29, 0.717) is 19.5 Å². The van der Waals surface area contributed by atoms with Crippen molar-refractivity contribution >= 4 is 17.7 Å². The first-order valence-corrected chi connectivity index (χ1v) is 7.82. The van der Waals surface area contributed by atoms with E-state index in [-0.39, 0.29) is 17.8 Å². The second-order valence-corrected chi connectivity index (χ2v) is 5.58. The van der Waals surface area contributed by atoms with Crippen LogP contribution in [0.3, 0.4) is 0 Å². The van der Waals surface area contributed by atoms with Crippen molar-refractivity contribution < 1.29 is 13.9 Å². The van der Waals surface area contributed by atoms with E-state index in [4.69, 9.17) is 10.5 Å². The maximum absolute atomic E-state index is 13.2. The largest absolute Gasteiger partial charge is 0.364 e.